The van der Waals surface area contributed by atoms with E-state index in [-0.39, 0.29) is 5.92 Å². The number of nitrogens with zero attached hydrogens (tertiary/aromatic N) is 1. The lowest BCUT2D eigenvalue weighted by atomic mass is 9.61. The molecule has 1 saturated heterocycles. The van der Waals surface area contributed by atoms with Crippen LogP contribution in [-0.2, 0) is 19.0 Å². The number of benzene rings is 2. The van der Waals surface area contributed by atoms with Gasteiger partial charge in [-0.2, -0.15) is 0 Å². The van der Waals surface area contributed by atoms with Crippen molar-refractivity contribution in [1.82, 2.24) is 0 Å². The summed E-state index contributed by atoms with van der Waals surface area (Å²) < 4.78 is 19.5. The van der Waals surface area contributed by atoms with E-state index in [4.69, 9.17) is 14.2 Å². The fraction of sp³-hybridized carbons (Fsp3) is 0.412. The lowest BCUT2D eigenvalue weighted by Gasteiger charge is -2.54. The van der Waals surface area contributed by atoms with E-state index in [0.717, 1.165) is 24.0 Å². The zero-order chi connectivity index (χ0) is 28.4. The van der Waals surface area contributed by atoms with Crippen LogP contribution in [0.15, 0.2) is 89.0 Å². The summed E-state index contributed by atoms with van der Waals surface area (Å²) in [5, 5.41) is 0. The van der Waals surface area contributed by atoms with Gasteiger partial charge in [0.25, 0.3) is 0 Å². The molecule has 5 aliphatic rings. The molecule has 2 aromatic rings. The fourth-order valence-electron chi connectivity index (χ4n) is 8.14. The SMILES string of the molecule is C=N[C@H]1C[C@@]23CC[C@@]4(O2)C(=CC[C@]2(C)C(=O)CC[C@H]24)C=C3[C@@H](OC(=O)c2ccccc2)[C@@H]1OC(=O)c1ccccc1. The molecule has 2 bridgehead atoms. The topological polar surface area (TPSA) is 91.3 Å². The molecule has 2 spiro atoms. The molecular formula is C34H33NO6. The van der Waals surface area contributed by atoms with Crippen LogP contribution < -0.4 is 0 Å². The molecule has 2 aliphatic heterocycles. The molecule has 0 radical (unpaired) electrons. The Balaban J connectivity index is 1.32. The molecule has 0 amide bonds. The molecule has 7 nitrogen and oxygen atoms in total. The van der Waals surface area contributed by atoms with Crippen molar-refractivity contribution >= 4 is 24.4 Å². The van der Waals surface area contributed by atoms with Gasteiger partial charge in [-0.3, -0.25) is 9.79 Å². The Morgan fingerprint density at radius 2 is 1.63 bits per heavy atom. The first kappa shape index (κ1) is 26.1. The van der Waals surface area contributed by atoms with Crippen molar-refractivity contribution in [3.63, 3.8) is 0 Å². The van der Waals surface area contributed by atoms with E-state index in [0.29, 0.717) is 42.6 Å². The highest BCUT2D eigenvalue weighted by Crippen LogP contribution is 2.66. The molecule has 210 valence electrons. The zero-order valence-corrected chi connectivity index (χ0v) is 23.1. The molecule has 3 fully saturated rings. The summed E-state index contributed by atoms with van der Waals surface area (Å²) in [6.45, 7) is 5.93. The van der Waals surface area contributed by atoms with E-state index in [1.54, 1.807) is 48.5 Å². The van der Waals surface area contributed by atoms with Crippen LogP contribution in [0, 0.1) is 11.3 Å². The second-order valence-corrected chi connectivity index (χ2v) is 12.3. The second-order valence-electron chi connectivity index (χ2n) is 12.3. The first-order chi connectivity index (χ1) is 19.8. The molecular weight excluding hydrogens is 518 g/mol. The highest BCUT2D eigenvalue weighted by molar-refractivity contribution is 5.91. The van der Waals surface area contributed by atoms with E-state index >= 15 is 0 Å². The quantitative estimate of drug-likeness (QED) is 0.362. The summed E-state index contributed by atoms with van der Waals surface area (Å²) in [5.41, 5.74) is 0.881. The Hall–Kier alpha value is -3.84. The van der Waals surface area contributed by atoms with Gasteiger partial charge in [0.15, 0.2) is 12.2 Å². The van der Waals surface area contributed by atoms with Crippen molar-refractivity contribution in [3.05, 3.63) is 95.1 Å². The smallest absolute Gasteiger partial charge is 0.338 e. The highest BCUT2D eigenvalue weighted by Gasteiger charge is 2.69. The summed E-state index contributed by atoms with van der Waals surface area (Å²) in [6.07, 6.45) is 6.39. The van der Waals surface area contributed by atoms with E-state index in [2.05, 4.69) is 30.8 Å². The van der Waals surface area contributed by atoms with Crippen molar-refractivity contribution in [1.29, 1.82) is 0 Å². The Kier molecular flexibility index (Phi) is 5.95. The average Bonchev–Trinajstić information content (AvgIpc) is 3.48. The van der Waals surface area contributed by atoms with Gasteiger partial charge in [-0.1, -0.05) is 55.5 Å². The number of Topliss-reactive ketones (excluding diaryl/α,β-unsaturated/α-hetero) is 1. The minimum atomic E-state index is -0.921. The maximum atomic E-state index is 13.5. The Morgan fingerprint density at radius 3 is 2.29 bits per heavy atom. The van der Waals surface area contributed by atoms with Gasteiger partial charge in [0, 0.05) is 29.7 Å². The summed E-state index contributed by atoms with van der Waals surface area (Å²) in [6, 6.07) is 17.0. The molecule has 0 N–H and O–H groups in total. The van der Waals surface area contributed by atoms with Gasteiger partial charge in [0.2, 0.25) is 0 Å². The largest absolute Gasteiger partial charge is 0.452 e. The average molecular weight is 552 g/mol. The van der Waals surface area contributed by atoms with Crippen LogP contribution in [0.1, 0.15) is 66.2 Å². The minimum Gasteiger partial charge on any atom is -0.452 e. The van der Waals surface area contributed by atoms with E-state index in [1.807, 2.05) is 12.1 Å². The summed E-state index contributed by atoms with van der Waals surface area (Å²) in [4.78, 5) is 44.2. The lowest BCUT2D eigenvalue weighted by molar-refractivity contribution is -0.160. The third-order valence-electron chi connectivity index (χ3n) is 10.2. The van der Waals surface area contributed by atoms with E-state index in [9.17, 15) is 14.4 Å². The normalized spacial score (nSPS) is 36.7. The molecule has 41 heavy (non-hydrogen) atoms. The third-order valence-corrected chi connectivity index (χ3v) is 10.2. The first-order valence-electron chi connectivity index (χ1n) is 14.4. The van der Waals surface area contributed by atoms with Crippen LogP contribution in [0.5, 0.6) is 0 Å². The molecule has 7 heteroatoms. The molecule has 0 aromatic heterocycles. The minimum absolute atomic E-state index is 0.0915. The number of hydrogen-bond acceptors (Lipinski definition) is 7. The van der Waals surface area contributed by atoms with Crippen molar-refractivity contribution in [2.45, 2.75) is 74.9 Å². The number of carbonyl (C=O) groups excluding carboxylic acids is 3. The number of hydrogen-bond donors (Lipinski definition) is 0. The highest BCUT2D eigenvalue weighted by atomic mass is 16.6. The Morgan fingerprint density at radius 1 is 0.976 bits per heavy atom. The number of carbonyl (C=O) groups is 3. The fourth-order valence-corrected chi connectivity index (χ4v) is 8.14. The zero-order valence-electron chi connectivity index (χ0n) is 23.1. The standard InChI is InChI=1S/C34H33NO6/c1-32-16-15-23-19-24-28(39-30(37)21-9-5-3-6-10-21)29(40-31(38)22-11-7-4-8-12-22)25(35-2)20-33(24)17-18-34(23,41-33)26(32)13-14-27(32)36/h3-12,15,19,25-26,28-29H,2,13-14,16-18,20H2,1H3/t25-,26+,28+,29+,32-,33+,34+/m0/s1. The van der Waals surface area contributed by atoms with Crippen molar-refractivity contribution in [2.75, 3.05) is 0 Å². The van der Waals surface area contributed by atoms with Crippen molar-refractivity contribution < 1.29 is 28.6 Å². The predicted octanol–water partition coefficient (Wildman–Crippen LogP) is 5.45. The predicted molar refractivity (Wildman–Crippen MR) is 152 cm³/mol. The number of rotatable bonds is 5. The monoisotopic (exact) mass is 551 g/mol. The van der Waals surface area contributed by atoms with Crippen LogP contribution >= 0.6 is 0 Å². The van der Waals surface area contributed by atoms with Gasteiger partial charge in [-0.25, -0.2) is 9.59 Å². The number of allylic oxidation sites excluding steroid dienone is 1. The van der Waals surface area contributed by atoms with E-state index in [1.165, 1.54) is 0 Å². The Labute approximate surface area is 239 Å². The number of esters is 2. The van der Waals surface area contributed by atoms with Gasteiger partial charge in [-0.15, -0.1) is 0 Å². The van der Waals surface area contributed by atoms with Crippen LogP contribution in [0.25, 0.3) is 0 Å². The van der Waals surface area contributed by atoms with Crippen LogP contribution in [-0.4, -0.2) is 53.9 Å². The van der Waals surface area contributed by atoms with Crippen LogP contribution in [0.2, 0.25) is 0 Å². The van der Waals surface area contributed by atoms with Gasteiger partial charge in [0.1, 0.15) is 5.78 Å². The maximum absolute atomic E-state index is 13.5. The van der Waals surface area contributed by atoms with Crippen LogP contribution in [0.3, 0.4) is 0 Å². The summed E-state index contributed by atoms with van der Waals surface area (Å²) >= 11 is 0. The molecule has 2 aromatic carbocycles. The maximum Gasteiger partial charge on any atom is 0.338 e. The molecule has 2 saturated carbocycles. The van der Waals surface area contributed by atoms with Gasteiger partial charge >= 0.3 is 11.9 Å². The molecule has 2 heterocycles. The Bertz CT molecular complexity index is 1500. The van der Waals surface area contributed by atoms with E-state index < -0.39 is 46.8 Å². The first-order valence-corrected chi connectivity index (χ1v) is 14.4. The lowest BCUT2D eigenvalue weighted by Crippen LogP contribution is -2.60. The van der Waals surface area contributed by atoms with Gasteiger partial charge in [0.05, 0.1) is 28.4 Å². The number of fused-ring (bicyclic) bond motifs is 1. The van der Waals surface area contributed by atoms with Crippen molar-refractivity contribution in [2.24, 2.45) is 16.3 Å². The number of aliphatic imine (C=N–C) groups is 1. The second kappa shape index (κ2) is 9.35. The van der Waals surface area contributed by atoms with Crippen LogP contribution in [0.4, 0.5) is 0 Å². The summed E-state index contributed by atoms with van der Waals surface area (Å²) in [5.74, 6) is -0.633. The third kappa shape index (κ3) is 3.82. The summed E-state index contributed by atoms with van der Waals surface area (Å²) in [7, 11) is 0. The number of ether oxygens (including phenoxy) is 3. The molecule has 0 unspecified atom stereocenters. The molecule has 3 aliphatic carbocycles. The van der Waals surface area contributed by atoms with Gasteiger partial charge in [-0.05, 0) is 62.2 Å². The van der Waals surface area contributed by atoms with Gasteiger partial charge < -0.3 is 14.2 Å². The molecule has 7 rings (SSSR count). The van der Waals surface area contributed by atoms with Crippen molar-refractivity contribution in [3.8, 4) is 0 Å². The molecule has 7 atom stereocenters. The number of ketones is 1.